The van der Waals surface area contributed by atoms with Crippen LogP contribution >= 0.6 is 22.9 Å². The van der Waals surface area contributed by atoms with Gasteiger partial charge in [0.25, 0.3) is 0 Å². The Bertz CT molecular complexity index is 555. The van der Waals surface area contributed by atoms with Crippen LogP contribution < -0.4 is 10.2 Å². The van der Waals surface area contributed by atoms with Crippen molar-refractivity contribution in [2.45, 2.75) is 20.0 Å². The van der Waals surface area contributed by atoms with E-state index in [9.17, 15) is 0 Å². The first-order valence-electron chi connectivity index (χ1n) is 6.01. The van der Waals surface area contributed by atoms with Crippen LogP contribution in [0, 0.1) is 6.92 Å². The van der Waals surface area contributed by atoms with Crippen LogP contribution in [0.25, 0.3) is 0 Å². The maximum absolute atomic E-state index is 6.11. The Balaban J connectivity index is 2.14. The molecule has 6 heteroatoms. The van der Waals surface area contributed by atoms with Gasteiger partial charge in [-0.05, 0) is 25.6 Å². The van der Waals surface area contributed by atoms with Crippen molar-refractivity contribution in [2.75, 3.05) is 19.0 Å². The van der Waals surface area contributed by atoms with Gasteiger partial charge in [-0.15, -0.1) is 11.3 Å². The van der Waals surface area contributed by atoms with Crippen LogP contribution in [-0.2, 0) is 13.1 Å². The average molecular weight is 297 g/mol. The van der Waals surface area contributed by atoms with Crippen molar-refractivity contribution in [1.82, 2.24) is 15.3 Å². The molecule has 0 amide bonds. The van der Waals surface area contributed by atoms with Crippen molar-refractivity contribution in [3.05, 3.63) is 38.9 Å². The summed E-state index contributed by atoms with van der Waals surface area (Å²) >= 11 is 7.78. The molecular weight excluding hydrogens is 280 g/mol. The molecule has 0 aliphatic heterocycles. The average Bonchev–Trinajstić information content (AvgIpc) is 2.77. The summed E-state index contributed by atoms with van der Waals surface area (Å²) in [4.78, 5) is 10.9. The van der Waals surface area contributed by atoms with Gasteiger partial charge in [0.15, 0.2) is 0 Å². The summed E-state index contributed by atoms with van der Waals surface area (Å²) in [5.74, 6) is 0.903. The molecule has 19 heavy (non-hydrogen) atoms. The third-order valence-electron chi connectivity index (χ3n) is 2.74. The van der Waals surface area contributed by atoms with Gasteiger partial charge in [0.1, 0.15) is 5.82 Å². The van der Waals surface area contributed by atoms with Gasteiger partial charge in [0, 0.05) is 25.2 Å². The Kier molecular flexibility index (Phi) is 4.74. The molecule has 2 aromatic heterocycles. The number of rotatable bonds is 5. The number of hydrogen-bond acceptors (Lipinski definition) is 5. The molecule has 0 unspecified atom stereocenters. The highest BCUT2D eigenvalue weighted by atomic mass is 35.5. The summed E-state index contributed by atoms with van der Waals surface area (Å²) in [5, 5.41) is 6.96. The molecule has 0 saturated carbocycles. The van der Waals surface area contributed by atoms with Crippen LogP contribution in [0.5, 0.6) is 0 Å². The number of nitrogens with one attached hydrogen (secondary N) is 1. The topological polar surface area (TPSA) is 41.0 Å². The number of aromatic nitrogens is 2. The molecule has 0 saturated heterocycles. The van der Waals surface area contributed by atoms with E-state index in [2.05, 4.69) is 25.6 Å². The minimum absolute atomic E-state index is 0.691. The smallest absolute Gasteiger partial charge is 0.128 e. The second-order valence-electron chi connectivity index (χ2n) is 4.38. The van der Waals surface area contributed by atoms with E-state index in [1.54, 1.807) is 17.5 Å². The van der Waals surface area contributed by atoms with E-state index >= 15 is 0 Å². The lowest BCUT2D eigenvalue weighted by Gasteiger charge is -2.18. The summed E-state index contributed by atoms with van der Waals surface area (Å²) in [5.41, 5.74) is 2.12. The Morgan fingerprint density at radius 3 is 2.89 bits per heavy atom. The predicted octanol–water partition coefficient (Wildman–Crippen LogP) is 2.86. The van der Waals surface area contributed by atoms with E-state index in [1.165, 1.54) is 0 Å². The van der Waals surface area contributed by atoms with Gasteiger partial charge in [-0.2, -0.15) is 0 Å². The number of pyridine rings is 1. The van der Waals surface area contributed by atoms with Crippen LogP contribution in [0.4, 0.5) is 5.82 Å². The monoisotopic (exact) mass is 296 g/mol. The number of hydrogen-bond donors (Lipinski definition) is 1. The standard InChI is InChI=1S/C13H17ClN4S/c1-9-17-11(8-19-9)7-18(3)13-4-10(5-15-2)12(14)6-16-13/h4,6,8,15H,5,7H2,1-3H3. The van der Waals surface area contributed by atoms with Crippen molar-refractivity contribution in [3.8, 4) is 0 Å². The molecule has 0 spiro atoms. The minimum atomic E-state index is 0.691. The summed E-state index contributed by atoms with van der Waals surface area (Å²) in [6, 6.07) is 2.01. The zero-order valence-electron chi connectivity index (χ0n) is 11.3. The summed E-state index contributed by atoms with van der Waals surface area (Å²) < 4.78 is 0. The molecule has 102 valence electrons. The summed E-state index contributed by atoms with van der Waals surface area (Å²) in [6.45, 7) is 3.50. The van der Waals surface area contributed by atoms with Crippen molar-refractivity contribution in [1.29, 1.82) is 0 Å². The fourth-order valence-electron chi connectivity index (χ4n) is 1.81. The van der Waals surface area contributed by atoms with Gasteiger partial charge in [-0.25, -0.2) is 9.97 Å². The maximum Gasteiger partial charge on any atom is 0.128 e. The first kappa shape index (κ1) is 14.2. The fourth-order valence-corrected chi connectivity index (χ4v) is 2.58. The van der Waals surface area contributed by atoms with Crippen molar-refractivity contribution in [2.24, 2.45) is 0 Å². The van der Waals surface area contributed by atoms with Crippen molar-refractivity contribution < 1.29 is 0 Å². The molecule has 0 bridgehead atoms. The minimum Gasteiger partial charge on any atom is -0.354 e. The number of anilines is 1. The predicted molar refractivity (Wildman–Crippen MR) is 81.0 cm³/mol. The van der Waals surface area contributed by atoms with Gasteiger partial charge < -0.3 is 10.2 Å². The quantitative estimate of drug-likeness (QED) is 0.921. The van der Waals surface area contributed by atoms with Crippen LogP contribution in [-0.4, -0.2) is 24.1 Å². The highest BCUT2D eigenvalue weighted by Crippen LogP contribution is 2.21. The third-order valence-corrected chi connectivity index (χ3v) is 3.91. The SMILES string of the molecule is CNCc1cc(N(C)Cc2csc(C)n2)ncc1Cl. The van der Waals surface area contributed by atoms with Gasteiger partial charge in [0.05, 0.1) is 22.3 Å². The maximum atomic E-state index is 6.11. The highest BCUT2D eigenvalue weighted by molar-refractivity contribution is 7.09. The molecule has 2 heterocycles. The van der Waals surface area contributed by atoms with E-state index in [4.69, 9.17) is 11.6 Å². The first-order valence-corrected chi connectivity index (χ1v) is 7.27. The summed E-state index contributed by atoms with van der Waals surface area (Å²) in [7, 11) is 3.91. The van der Waals surface area contributed by atoms with E-state index in [1.807, 2.05) is 27.1 Å². The van der Waals surface area contributed by atoms with E-state index < -0.39 is 0 Å². The molecule has 0 fully saturated rings. The Morgan fingerprint density at radius 1 is 1.47 bits per heavy atom. The van der Waals surface area contributed by atoms with Crippen LogP contribution in [0.1, 0.15) is 16.3 Å². The van der Waals surface area contributed by atoms with E-state index in [-0.39, 0.29) is 0 Å². The van der Waals surface area contributed by atoms with Crippen LogP contribution in [0.2, 0.25) is 5.02 Å². The highest BCUT2D eigenvalue weighted by Gasteiger charge is 2.09. The lowest BCUT2D eigenvalue weighted by Crippen LogP contribution is -2.18. The number of halogens is 1. The molecule has 0 aliphatic carbocycles. The van der Waals surface area contributed by atoms with Gasteiger partial charge in [-0.3, -0.25) is 0 Å². The Labute approximate surface area is 122 Å². The molecule has 4 nitrogen and oxygen atoms in total. The normalized spacial score (nSPS) is 10.7. The molecular formula is C13H17ClN4S. The number of thiazole rings is 1. The largest absolute Gasteiger partial charge is 0.354 e. The molecule has 0 atom stereocenters. The van der Waals surface area contributed by atoms with Crippen molar-refractivity contribution >= 4 is 28.8 Å². The van der Waals surface area contributed by atoms with E-state index in [0.29, 0.717) is 5.02 Å². The lowest BCUT2D eigenvalue weighted by molar-refractivity contribution is 0.810. The third kappa shape index (κ3) is 3.65. The summed E-state index contributed by atoms with van der Waals surface area (Å²) in [6.07, 6.45) is 1.70. The first-order chi connectivity index (χ1) is 9.10. The Hall–Kier alpha value is -1.17. The molecule has 1 N–H and O–H groups in total. The molecule has 0 aromatic carbocycles. The molecule has 2 rings (SSSR count). The lowest BCUT2D eigenvalue weighted by atomic mass is 10.2. The van der Waals surface area contributed by atoms with Gasteiger partial charge in [0.2, 0.25) is 0 Å². The zero-order valence-corrected chi connectivity index (χ0v) is 12.8. The Morgan fingerprint density at radius 2 is 2.26 bits per heavy atom. The number of aryl methyl sites for hydroxylation is 1. The molecule has 0 aliphatic rings. The molecule has 0 radical (unpaired) electrons. The van der Waals surface area contributed by atoms with Crippen LogP contribution in [0.3, 0.4) is 0 Å². The van der Waals surface area contributed by atoms with E-state index in [0.717, 1.165) is 35.2 Å². The second kappa shape index (κ2) is 6.32. The molecule has 2 aromatic rings. The van der Waals surface area contributed by atoms with Crippen molar-refractivity contribution in [3.63, 3.8) is 0 Å². The number of nitrogens with zero attached hydrogens (tertiary/aromatic N) is 3. The second-order valence-corrected chi connectivity index (χ2v) is 5.85. The van der Waals surface area contributed by atoms with Gasteiger partial charge in [-0.1, -0.05) is 11.6 Å². The zero-order chi connectivity index (χ0) is 13.8. The fraction of sp³-hybridized carbons (Fsp3) is 0.385. The van der Waals surface area contributed by atoms with Gasteiger partial charge >= 0.3 is 0 Å². The van der Waals surface area contributed by atoms with Crippen LogP contribution in [0.15, 0.2) is 17.6 Å².